The van der Waals surface area contributed by atoms with E-state index < -0.39 is 23.1 Å². The van der Waals surface area contributed by atoms with Crippen LogP contribution in [0, 0.1) is 5.92 Å². The zero-order valence-electron chi connectivity index (χ0n) is 10.6. The van der Waals surface area contributed by atoms with E-state index in [1.165, 1.54) is 19.2 Å². The van der Waals surface area contributed by atoms with Crippen molar-refractivity contribution in [1.29, 1.82) is 0 Å². The van der Waals surface area contributed by atoms with Crippen LogP contribution in [0.4, 0.5) is 0 Å². The van der Waals surface area contributed by atoms with Crippen molar-refractivity contribution in [2.45, 2.75) is 43.9 Å². The average molecular weight is 286 g/mol. The molecule has 1 aromatic heterocycles. The number of carboxylic acid groups (broad SMARTS) is 1. The van der Waals surface area contributed by atoms with Crippen LogP contribution < -0.4 is 0 Å². The Morgan fingerprint density at radius 3 is 2.79 bits per heavy atom. The van der Waals surface area contributed by atoms with Crippen molar-refractivity contribution in [1.82, 2.24) is 9.55 Å². The van der Waals surface area contributed by atoms with Crippen LogP contribution in [-0.4, -0.2) is 29.4 Å². The zero-order valence-corrected chi connectivity index (χ0v) is 11.4. The summed E-state index contributed by atoms with van der Waals surface area (Å²) in [5, 5.41) is 9.32. The fraction of sp³-hybridized carbons (Fsp3) is 0.667. The molecular weight excluding hydrogens is 268 g/mol. The first-order chi connectivity index (χ1) is 9.06. The third-order valence-electron chi connectivity index (χ3n) is 3.60. The minimum atomic E-state index is -1.95. The third kappa shape index (κ3) is 3.87. The minimum Gasteiger partial charge on any atom is -0.480 e. The smallest absolute Gasteiger partial charge is 0.326 e. The van der Waals surface area contributed by atoms with Gasteiger partial charge in [-0.25, -0.2) is 14.0 Å². The fourth-order valence-corrected chi connectivity index (χ4v) is 3.07. The molecule has 1 fully saturated rings. The Labute approximate surface area is 114 Å². The lowest BCUT2D eigenvalue weighted by atomic mass is 9.98. The molecule has 0 aliphatic heterocycles. The first-order valence-corrected chi connectivity index (χ1v) is 7.66. The van der Waals surface area contributed by atoms with Crippen molar-refractivity contribution in [3.05, 3.63) is 18.2 Å². The average Bonchev–Trinajstić information content (AvgIpc) is 2.95. The number of carboxylic acids is 1. The monoisotopic (exact) mass is 286 g/mol. The number of aromatic nitrogens is 2. The van der Waals surface area contributed by atoms with E-state index in [-0.39, 0.29) is 5.75 Å². The number of hydrogen-bond acceptors (Lipinski definition) is 3. The second kappa shape index (κ2) is 6.29. The molecular formula is C12H18N2O4S. The van der Waals surface area contributed by atoms with E-state index in [0.29, 0.717) is 18.0 Å². The fourth-order valence-electron chi connectivity index (χ4n) is 2.66. The molecule has 2 rings (SSSR count). The molecule has 2 atom stereocenters. The number of imidazole rings is 1. The molecule has 1 heterocycles. The van der Waals surface area contributed by atoms with Gasteiger partial charge in [0.05, 0.1) is 17.8 Å². The maximum absolute atomic E-state index is 11.4. The lowest BCUT2D eigenvalue weighted by molar-refractivity contribution is -0.141. The first-order valence-electron chi connectivity index (χ1n) is 6.39. The Kier molecular flexibility index (Phi) is 4.71. The summed E-state index contributed by atoms with van der Waals surface area (Å²) >= 11 is -1.95. The van der Waals surface area contributed by atoms with Gasteiger partial charge >= 0.3 is 5.97 Å². The summed E-state index contributed by atoms with van der Waals surface area (Å²) in [5.74, 6) is -0.483. The number of hydrogen-bond donors (Lipinski definition) is 2. The molecule has 7 heteroatoms. The Bertz CT molecular complexity index is 468. The molecule has 1 aliphatic carbocycles. The zero-order chi connectivity index (χ0) is 13.8. The molecule has 2 N–H and O–H groups in total. The standard InChI is InChI=1S/C12H18N2O4S/c15-12(16)11(5-9-3-1-2-4-9)14-6-10(13-8-14)7-19(17)18/h6,8-9,11H,1-5,7H2,(H,15,16)(H,17,18)/t11-/m0/s1. The van der Waals surface area contributed by atoms with E-state index in [1.54, 1.807) is 10.8 Å². The molecule has 0 bridgehead atoms. The summed E-state index contributed by atoms with van der Waals surface area (Å²) in [6, 6.07) is -0.628. The molecule has 0 radical (unpaired) electrons. The van der Waals surface area contributed by atoms with Crippen LogP contribution in [0.2, 0.25) is 0 Å². The number of rotatable bonds is 6. The quantitative estimate of drug-likeness (QED) is 0.778. The summed E-state index contributed by atoms with van der Waals surface area (Å²) in [6.07, 6.45) is 8.13. The molecule has 0 amide bonds. The topological polar surface area (TPSA) is 92.4 Å². The molecule has 0 saturated heterocycles. The van der Waals surface area contributed by atoms with Crippen molar-refractivity contribution in [3.63, 3.8) is 0 Å². The van der Waals surface area contributed by atoms with Gasteiger partial charge in [-0.1, -0.05) is 25.7 Å². The van der Waals surface area contributed by atoms with Crippen molar-refractivity contribution >= 4 is 17.0 Å². The van der Waals surface area contributed by atoms with Crippen LogP contribution in [0.15, 0.2) is 12.5 Å². The number of carbonyl (C=O) groups is 1. The lowest BCUT2D eigenvalue weighted by Crippen LogP contribution is -2.20. The maximum atomic E-state index is 11.4. The number of aliphatic carboxylic acids is 1. The number of nitrogens with zero attached hydrogens (tertiary/aromatic N) is 2. The molecule has 0 aromatic carbocycles. The minimum absolute atomic E-state index is 0.0667. The van der Waals surface area contributed by atoms with Gasteiger partial charge in [0.25, 0.3) is 0 Å². The van der Waals surface area contributed by atoms with Gasteiger partial charge in [0.1, 0.15) is 6.04 Å². The summed E-state index contributed by atoms with van der Waals surface area (Å²) in [7, 11) is 0. The summed E-state index contributed by atoms with van der Waals surface area (Å²) in [6.45, 7) is 0. The predicted molar refractivity (Wildman–Crippen MR) is 70.0 cm³/mol. The van der Waals surface area contributed by atoms with Gasteiger partial charge in [0.2, 0.25) is 0 Å². The van der Waals surface area contributed by atoms with E-state index in [9.17, 15) is 14.1 Å². The van der Waals surface area contributed by atoms with Gasteiger partial charge in [0, 0.05) is 6.20 Å². The highest BCUT2D eigenvalue weighted by Gasteiger charge is 2.26. The molecule has 1 saturated carbocycles. The van der Waals surface area contributed by atoms with Crippen LogP contribution in [0.5, 0.6) is 0 Å². The second-order valence-corrected chi connectivity index (χ2v) is 5.95. The summed E-state index contributed by atoms with van der Waals surface area (Å²) in [4.78, 5) is 15.3. The molecule has 6 nitrogen and oxygen atoms in total. The van der Waals surface area contributed by atoms with E-state index in [0.717, 1.165) is 12.8 Å². The van der Waals surface area contributed by atoms with E-state index in [2.05, 4.69) is 4.98 Å². The van der Waals surface area contributed by atoms with Crippen molar-refractivity contribution in [2.75, 3.05) is 0 Å². The van der Waals surface area contributed by atoms with Crippen LogP contribution in [-0.2, 0) is 21.6 Å². The van der Waals surface area contributed by atoms with Crippen LogP contribution >= 0.6 is 0 Å². The normalized spacial score (nSPS) is 19.4. The maximum Gasteiger partial charge on any atom is 0.326 e. The van der Waals surface area contributed by atoms with E-state index in [1.807, 2.05) is 0 Å². The molecule has 1 aliphatic rings. The molecule has 19 heavy (non-hydrogen) atoms. The highest BCUT2D eigenvalue weighted by molar-refractivity contribution is 7.78. The SMILES string of the molecule is O=C(O)[C@H](CC1CCCC1)n1cnc(CS(=O)O)c1. The largest absolute Gasteiger partial charge is 0.480 e. The van der Waals surface area contributed by atoms with Crippen LogP contribution in [0.1, 0.15) is 43.8 Å². The van der Waals surface area contributed by atoms with E-state index >= 15 is 0 Å². The van der Waals surface area contributed by atoms with Crippen LogP contribution in [0.3, 0.4) is 0 Å². The van der Waals surface area contributed by atoms with E-state index in [4.69, 9.17) is 4.55 Å². The highest BCUT2D eigenvalue weighted by Crippen LogP contribution is 2.32. The first kappa shape index (κ1) is 14.2. The second-order valence-electron chi connectivity index (χ2n) is 5.02. The highest BCUT2D eigenvalue weighted by atomic mass is 32.2. The van der Waals surface area contributed by atoms with Gasteiger partial charge in [-0.05, 0) is 12.3 Å². The van der Waals surface area contributed by atoms with Gasteiger partial charge < -0.3 is 14.2 Å². The third-order valence-corrected chi connectivity index (χ3v) is 4.15. The Balaban J connectivity index is 2.07. The van der Waals surface area contributed by atoms with Crippen molar-refractivity contribution < 1.29 is 18.7 Å². The van der Waals surface area contributed by atoms with Crippen LogP contribution in [0.25, 0.3) is 0 Å². The van der Waals surface area contributed by atoms with Gasteiger partial charge in [-0.2, -0.15) is 0 Å². The van der Waals surface area contributed by atoms with Gasteiger partial charge in [-0.3, -0.25) is 0 Å². The lowest BCUT2D eigenvalue weighted by Gasteiger charge is -2.17. The van der Waals surface area contributed by atoms with Gasteiger partial charge in [0.15, 0.2) is 11.1 Å². The van der Waals surface area contributed by atoms with Gasteiger partial charge in [-0.15, -0.1) is 0 Å². The molecule has 1 unspecified atom stereocenters. The molecule has 0 spiro atoms. The Morgan fingerprint density at radius 1 is 1.53 bits per heavy atom. The molecule has 1 aromatic rings. The summed E-state index contributed by atoms with van der Waals surface area (Å²) in [5.41, 5.74) is 0.443. The van der Waals surface area contributed by atoms with Crippen molar-refractivity contribution in [3.8, 4) is 0 Å². The molecule has 106 valence electrons. The Hall–Kier alpha value is -1.21. The predicted octanol–water partition coefficient (Wildman–Crippen LogP) is 1.81. The Morgan fingerprint density at radius 2 is 2.21 bits per heavy atom. The van der Waals surface area contributed by atoms with Crippen molar-refractivity contribution in [2.24, 2.45) is 5.92 Å². The summed E-state index contributed by atoms with van der Waals surface area (Å²) < 4.78 is 21.0.